The van der Waals surface area contributed by atoms with Crippen LogP contribution in [0.15, 0.2) is 27.5 Å². The minimum atomic E-state index is -0.468. The van der Waals surface area contributed by atoms with Gasteiger partial charge in [-0.1, -0.05) is 0 Å². The van der Waals surface area contributed by atoms with Gasteiger partial charge in [0.05, 0.1) is 7.11 Å². The van der Waals surface area contributed by atoms with E-state index < -0.39 is 5.82 Å². The van der Waals surface area contributed by atoms with Gasteiger partial charge in [0.2, 0.25) is 4.73 Å². The summed E-state index contributed by atoms with van der Waals surface area (Å²) in [5.41, 5.74) is 0.506. The Balaban J connectivity index is 2.42. The summed E-state index contributed by atoms with van der Waals surface area (Å²) in [6, 6.07) is 4.42. The lowest BCUT2D eigenvalue weighted by Crippen LogP contribution is -1.88. The summed E-state index contributed by atoms with van der Waals surface area (Å²) >= 11 is 3.04. The number of halogens is 2. The van der Waals surface area contributed by atoms with Gasteiger partial charge < -0.3 is 9.26 Å². The highest BCUT2D eigenvalue weighted by atomic mass is 79.9. The fraction of sp³-hybridized carbons (Fsp3) is 0.111. The molecule has 78 valence electrons. The maximum atomic E-state index is 13.3. The highest BCUT2D eigenvalue weighted by Crippen LogP contribution is 2.24. The molecule has 0 fully saturated rings. The van der Waals surface area contributed by atoms with Crippen molar-refractivity contribution in [2.75, 3.05) is 7.11 Å². The van der Waals surface area contributed by atoms with Gasteiger partial charge in [-0.05, 0) is 39.3 Å². The van der Waals surface area contributed by atoms with Crippen LogP contribution in [0.1, 0.15) is 0 Å². The number of aromatic nitrogens is 2. The minimum Gasteiger partial charge on any atom is -0.494 e. The van der Waals surface area contributed by atoms with Crippen molar-refractivity contribution in [3.8, 4) is 17.2 Å². The molecule has 0 amide bonds. The van der Waals surface area contributed by atoms with E-state index in [4.69, 9.17) is 9.26 Å². The summed E-state index contributed by atoms with van der Waals surface area (Å²) < 4.78 is 23.3. The van der Waals surface area contributed by atoms with E-state index >= 15 is 0 Å². The lowest BCUT2D eigenvalue weighted by Gasteiger charge is -2.01. The second-order valence-corrected chi connectivity index (χ2v) is 3.43. The number of hydrogen-bond acceptors (Lipinski definition) is 4. The lowest BCUT2D eigenvalue weighted by molar-refractivity contribution is 0.386. The molecule has 0 saturated heterocycles. The zero-order valence-electron chi connectivity index (χ0n) is 7.70. The number of nitrogens with zero attached hydrogens (tertiary/aromatic N) is 2. The third-order valence-corrected chi connectivity index (χ3v) is 2.12. The molecule has 6 heteroatoms. The molecule has 0 saturated carbocycles. The monoisotopic (exact) mass is 272 g/mol. The van der Waals surface area contributed by atoms with Crippen molar-refractivity contribution >= 4 is 15.9 Å². The smallest absolute Gasteiger partial charge is 0.258 e. The van der Waals surface area contributed by atoms with Gasteiger partial charge in [0.1, 0.15) is 0 Å². The number of hydrogen-bond donors (Lipinski definition) is 0. The Morgan fingerprint density at radius 1 is 1.47 bits per heavy atom. The van der Waals surface area contributed by atoms with Crippen molar-refractivity contribution in [2.45, 2.75) is 0 Å². The van der Waals surface area contributed by atoms with Crippen molar-refractivity contribution in [3.05, 3.63) is 28.7 Å². The third kappa shape index (κ3) is 1.99. The lowest BCUT2D eigenvalue weighted by atomic mass is 10.2. The molecule has 0 bridgehead atoms. The van der Waals surface area contributed by atoms with Crippen molar-refractivity contribution < 1.29 is 13.7 Å². The van der Waals surface area contributed by atoms with E-state index in [9.17, 15) is 4.39 Å². The van der Waals surface area contributed by atoms with Crippen molar-refractivity contribution in [1.29, 1.82) is 0 Å². The van der Waals surface area contributed by atoms with Gasteiger partial charge in [0.25, 0.3) is 5.89 Å². The molecule has 0 N–H and O–H groups in total. The average molecular weight is 273 g/mol. The van der Waals surface area contributed by atoms with Crippen LogP contribution < -0.4 is 4.74 Å². The molecule has 0 unspecified atom stereocenters. The van der Waals surface area contributed by atoms with Gasteiger partial charge >= 0.3 is 0 Å². The third-order valence-electron chi connectivity index (χ3n) is 1.80. The van der Waals surface area contributed by atoms with E-state index in [0.29, 0.717) is 10.3 Å². The summed E-state index contributed by atoms with van der Waals surface area (Å²) in [6.07, 6.45) is 0. The van der Waals surface area contributed by atoms with Crippen LogP contribution >= 0.6 is 15.9 Å². The molecule has 0 aliphatic heterocycles. The van der Waals surface area contributed by atoms with E-state index in [0.717, 1.165) is 0 Å². The first-order chi connectivity index (χ1) is 7.20. The first-order valence-electron chi connectivity index (χ1n) is 4.04. The molecule has 1 aromatic heterocycles. The molecule has 0 aliphatic carbocycles. The number of ether oxygens (including phenoxy) is 1. The first-order valence-corrected chi connectivity index (χ1v) is 4.83. The Kier molecular flexibility index (Phi) is 2.68. The van der Waals surface area contributed by atoms with E-state index in [1.807, 2.05) is 0 Å². The Bertz CT molecular complexity index is 487. The molecule has 4 nitrogen and oxygen atoms in total. The summed E-state index contributed by atoms with van der Waals surface area (Å²) in [7, 11) is 1.40. The van der Waals surface area contributed by atoms with Crippen molar-refractivity contribution in [2.24, 2.45) is 0 Å². The Morgan fingerprint density at radius 3 is 2.80 bits per heavy atom. The molecule has 2 aromatic rings. The van der Waals surface area contributed by atoms with Gasteiger partial charge in [-0.15, -0.1) is 0 Å². The average Bonchev–Trinajstić information content (AvgIpc) is 2.65. The minimum absolute atomic E-state index is 0.178. The molecule has 1 aromatic carbocycles. The molecule has 2 rings (SSSR count). The molecular weight excluding hydrogens is 267 g/mol. The van der Waals surface area contributed by atoms with E-state index in [-0.39, 0.29) is 11.6 Å². The van der Waals surface area contributed by atoms with Crippen molar-refractivity contribution in [3.63, 3.8) is 0 Å². The summed E-state index contributed by atoms with van der Waals surface area (Å²) in [4.78, 5) is 3.91. The normalized spacial score (nSPS) is 10.3. The van der Waals surface area contributed by atoms with Crippen molar-refractivity contribution in [1.82, 2.24) is 10.1 Å². The Morgan fingerprint density at radius 2 is 2.27 bits per heavy atom. The first kappa shape index (κ1) is 10.1. The maximum Gasteiger partial charge on any atom is 0.258 e. The summed E-state index contributed by atoms with van der Waals surface area (Å²) in [6.45, 7) is 0. The van der Waals surface area contributed by atoms with E-state index in [2.05, 4.69) is 26.1 Å². The predicted molar refractivity (Wildman–Crippen MR) is 53.9 cm³/mol. The molecule has 0 atom stereocenters. The molecular formula is C9H6BrFN2O2. The number of benzene rings is 1. The van der Waals surface area contributed by atoms with Gasteiger partial charge in [0, 0.05) is 5.56 Å². The van der Waals surface area contributed by atoms with E-state index in [1.165, 1.54) is 19.2 Å². The largest absolute Gasteiger partial charge is 0.494 e. The molecule has 0 radical (unpaired) electrons. The Labute approximate surface area is 93.2 Å². The fourth-order valence-electron chi connectivity index (χ4n) is 1.12. The topological polar surface area (TPSA) is 48.2 Å². The summed E-state index contributed by atoms with van der Waals surface area (Å²) in [5, 5.41) is 3.54. The fourth-order valence-corrected chi connectivity index (χ4v) is 1.36. The van der Waals surface area contributed by atoms with Crippen LogP contribution in [0.5, 0.6) is 5.75 Å². The SMILES string of the molecule is COc1ccc(-c2nc(Br)no2)cc1F. The van der Waals surface area contributed by atoms with Crippen LogP contribution in [0.25, 0.3) is 11.5 Å². The van der Waals surface area contributed by atoms with Crippen LogP contribution in [0.2, 0.25) is 0 Å². The predicted octanol–water partition coefficient (Wildman–Crippen LogP) is 2.65. The molecule has 15 heavy (non-hydrogen) atoms. The Hall–Kier alpha value is -1.43. The zero-order chi connectivity index (χ0) is 10.8. The van der Waals surface area contributed by atoms with Crippen LogP contribution in [-0.4, -0.2) is 17.3 Å². The second-order valence-electron chi connectivity index (χ2n) is 2.72. The highest BCUT2D eigenvalue weighted by Gasteiger charge is 2.10. The van der Waals surface area contributed by atoms with Crippen LogP contribution in [0.3, 0.4) is 0 Å². The van der Waals surface area contributed by atoms with E-state index in [1.54, 1.807) is 6.07 Å². The maximum absolute atomic E-state index is 13.3. The number of methoxy groups -OCH3 is 1. The second kappa shape index (κ2) is 3.98. The quantitative estimate of drug-likeness (QED) is 0.843. The van der Waals surface area contributed by atoms with Crippen LogP contribution in [-0.2, 0) is 0 Å². The zero-order valence-corrected chi connectivity index (χ0v) is 9.28. The highest BCUT2D eigenvalue weighted by molar-refractivity contribution is 9.10. The van der Waals surface area contributed by atoms with Crippen LogP contribution in [0, 0.1) is 5.82 Å². The van der Waals surface area contributed by atoms with Gasteiger partial charge in [-0.3, -0.25) is 0 Å². The molecule has 1 heterocycles. The molecule has 0 aliphatic rings. The van der Waals surface area contributed by atoms with Crippen LogP contribution in [0.4, 0.5) is 4.39 Å². The van der Waals surface area contributed by atoms with Gasteiger partial charge in [-0.2, -0.15) is 4.98 Å². The van der Waals surface area contributed by atoms with Gasteiger partial charge in [0.15, 0.2) is 11.6 Å². The number of rotatable bonds is 2. The van der Waals surface area contributed by atoms with Gasteiger partial charge in [-0.25, -0.2) is 4.39 Å². The standard InChI is InChI=1S/C9H6BrFN2O2/c1-14-7-3-2-5(4-6(7)11)8-12-9(10)13-15-8/h2-4H,1H3. The molecule has 0 spiro atoms. The summed E-state index contributed by atoms with van der Waals surface area (Å²) in [5.74, 6) is -0.0370.